The molecule has 0 aromatic heterocycles. The summed E-state index contributed by atoms with van der Waals surface area (Å²) < 4.78 is 0. The van der Waals surface area contributed by atoms with Crippen LogP contribution in [0.3, 0.4) is 0 Å². The number of phenols is 1. The predicted octanol–water partition coefficient (Wildman–Crippen LogP) is 5.21. The second-order valence-corrected chi connectivity index (χ2v) is 7.49. The molecule has 3 nitrogen and oxygen atoms in total. The molecular formula is C24H27NO2. The van der Waals surface area contributed by atoms with E-state index < -0.39 is 5.41 Å². The number of Topliss-reactive ketones (excluding diaryl/α,β-unsaturated/α-hetero) is 1. The molecule has 2 aromatic carbocycles. The minimum atomic E-state index is -0.569. The molecule has 0 radical (unpaired) electrons. The van der Waals surface area contributed by atoms with E-state index in [0.29, 0.717) is 12.8 Å². The van der Waals surface area contributed by atoms with Crippen molar-refractivity contribution in [2.45, 2.75) is 39.0 Å². The number of aromatic hydroxyl groups is 1. The van der Waals surface area contributed by atoms with Gasteiger partial charge < -0.3 is 10.0 Å². The number of anilines is 1. The van der Waals surface area contributed by atoms with E-state index in [-0.39, 0.29) is 11.5 Å². The maximum atomic E-state index is 12.9. The van der Waals surface area contributed by atoms with E-state index in [4.69, 9.17) is 0 Å². The first-order valence-electron chi connectivity index (χ1n) is 9.25. The normalized spacial score (nSPS) is 19.3. The fraction of sp³-hybridized carbons (Fsp3) is 0.292. The Balaban J connectivity index is 2.09. The van der Waals surface area contributed by atoms with Crippen molar-refractivity contribution in [3.8, 4) is 5.75 Å². The lowest BCUT2D eigenvalue weighted by molar-refractivity contribution is -0.122. The largest absolute Gasteiger partial charge is 0.508 e. The van der Waals surface area contributed by atoms with Gasteiger partial charge in [-0.3, -0.25) is 4.79 Å². The van der Waals surface area contributed by atoms with Crippen molar-refractivity contribution in [1.29, 1.82) is 0 Å². The van der Waals surface area contributed by atoms with Crippen LogP contribution in [0.2, 0.25) is 0 Å². The number of benzene rings is 2. The molecule has 27 heavy (non-hydrogen) atoms. The van der Waals surface area contributed by atoms with Gasteiger partial charge in [0.1, 0.15) is 11.5 Å². The summed E-state index contributed by atoms with van der Waals surface area (Å²) in [6.45, 7) is 9.88. The summed E-state index contributed by atoms with van der Waals surface area (Å²) >= 11 is 0. The Morgan fingerprint density at radius 3 is 2.52 bits per heavy atom. The third-order valence-electron chi connectivity index (χ3n) is 5.99. The van der Waals surface area contributed by atoms with Crippen LogP contribution in [0.15, 0.2) is 66.4 Å². The first-order valence-corrected chi connectivity index (χ1v) is 9.25. The van der Waals surface area contributed by atoms with Gasteiger partial charge in [0.25, 0.3) is 0 Å². The summed E-state index contributed by atoms with van der Waals surface area (Å²) in [6, 6.07) is 13.4. The van der Waals surface area contributed by atoms with Crippen molar-refractivity contribution in [1.82, 2.24) is 0 Å². The maximum Gasteiger partial charge on any atom is 0.141 e. The Labute approximate surface area is 161 Å². The fourth-order valence-corrected chi connectivity index (χ4v) is 4.17. The predicted molar refractivity (Wildman–Crippen MR) is 111 cm³/mol. The zero-order valence-electron chi connectivity index (χ0n) is 16.5. The zero-order chi connectivity index (χ0) is 19.8. The number of rotatable bonds is 5. The van der Waals surface area contributed by atoms with Gasteiger partial charge in [0.2, 0.25) is 0 Å². The zero-order valence-corrected chi connectivity index (χ0v) is 16.5. The van der Waals surface area contributed by atoms with Crippen LogP contribution in [0.4, 0.5) is 5.69 Å². The van der Waals surface area contributed by atoms with Crippen LogP contribution in [0.5, 0.6) is 5.75 Å². The highest BCUT2D eigenvalue weighted by Crippen LogP contribution is 2.48. The van der Waals surface area contributed by atoms with E-state index in [2.05, 4.69) is 37.5 Å². The molecule has 0 aliphatic heterocycles. The molecule has 3 rings (SSSR count). The topological polar surface area (TPSA) is 40.5 Å². The molecule has 0 unspecified atom stereocenters. The van der Waals surface area contributed by atoms with Crippen LogP contribution < -0.4 is 4.90 Å². The molecular weight excluding hydrogens is 334 g/mol. The van der Waals surface area contributed by atoms with Gasteiger partial charge in [-0.1, -0.05) is 36.9 Å². The minimum absolute atomic E-state index is 0.176. The number of phenolic OH excluding ortho intramolecular Hbond substituents is 1. The molecule has 0 fully saturated rings. The lowest BCUT2D eigenvalue weighted by Gasteiger charge is -2.31. The lowest BCUT2D eigenvalue weighted by Crippen LogP contribution is -2.34. The van der Waals surface area contributed by atoms with Crippen molar-refractivity contribution in [2.24, 2.45) is 0 Å². The molecule has 140 valence electrons. The van der Waals surface area contributed by atoms with Gasteiger partial charge >= 0.3 is 0 Å². The molecule has 2 aromatic rings. The van der Waals surface area contributed by atoms with Crippen molar-refractivity contribution in [2.75, 3.05) is 11.9 Å². The van der Waals surface area contributed by atoms with Gasteiger partial charge in [-0.15, -0.1) is 0 Å². The highest BCUT2D eigenvalue weighted by atomic mass is 16.3. The molecule has 0 amide bonds. The number of ketones is 1. The van der Waals surface area contributed by atoms with Gasteiger partial charge in [0, 0.05) is 30.9 Å². The van der Waals surface area contributed by atoms with Crippen LogP contribution in [0.1, 0.15) is 36.5 Å². The molecule has 1 aliphatic rings. The molecule has 0 heterocycles. The number of hydrogen-bond acceptors (Lipinski definition) is 3. The van der Waals surface area contributed by atoms with Crippen LogP contribution in [0, 0.1) is 13.8 Å². The summed E-state index contributed by atoms with van der Waals surface area (Å²) in [7, 11) is 1.98. The summed E-state index contributed by atoms with van der Waals surface area (Å²) in [5.74, 6) is 0.403. The van der Waals surface area contributed by atoms with Crippen LogP contribution in [0.25, 0.3) is 0 Å². The Morgan fingerprint density at radius 1 is 1.19 bits per heavy atom. The van der Waals surface area contributed by atoms with Gasteiger partial charge in [0.05, 0.1) is 5.41 Å². The van der Waals surface area contributed by atoms with E-state index in [1.165, 1.54) is 11.1 Å². The molecule has 1 aliphatic carbocycles. The molecule has 0 saturated carbocycles. The van der Waals surface area contributed by atoms with Gasteiger partial charge in [-0.05, 0) is 61.6 Å². The van der Waals surface area contributed by atoms with Crippen LogP contribution in [-0.4, -0.2) is 17.9 Å². The number of aryl methyl sites for hydroxylation is 1. The number of carbonyl (C=O) groups excluding carboxylic acids is 1. The molecule has 1 atom stereocenters. The van der Waals surface area contributed by atoms with E-state index in [9.17, 15) is 9.90 Å². The quantitative estimate of drug-likeness (QED) is 0.795. The molecule has 1 N–H and O–H groups in total. The number of carbonyl (C=O) groups is 1. The van der Waals surface area contributed by atoms with Crippen LogP contribution in [-0.2, 0) is 10.2 Å². The summed E-state index contributed by atoms with van der Waals surface area (Å²) in [5.41, 5.74) is 5.96. The Kier molecular flexibility index (Phi) is 4.97. The Bertz CT molecular complexity index is 941. The van der Waals surface area contributed by atoms with E-state index in [1.54, 1.807) is 19.1 Å². The third kappa shape index (κ3) is 3.18. The average Bonchev–Trinajstić information content (AvgIpc) is 3.04. The highest BCUT2D eigenvalue weighted by Gasteiger charge is 2.45. The van der Waals surface area contributed by atoms with E-state index in [0.717, 1.165) is 22.5 Å². The van der Waals surface area contributed by atoms with E-state index in [1.807, 2.05) is 31.3 Å². The number of nitrogens with zero attached hydrogens (tertiary/aromatic N) is 1. The minimum Gasteiger partial charge on any atom is -0.508 e. The van der Waals surface area contributed by atoms with Crippen LogP contribution >= 0.6 is 0 Å². The van der Waals surface area contributed by atoms with Crippen molar-refractivity contribution >= 4 is 11.5 Å². The smallest absolute Gasteiger partial charge is 0.141 e. The summed E-state index contributed by atoms with van der Waals surface area (Å²) in [6.07, 6.45) is 3.14. The van der Waals surface area contributed by atoms with Crippen molar-refractivity contribution in [3.05, 3.63) is 83.1 Å². The molecule has 3 heteroatoms. The molecule has 0 saturated heterocycles. The number of allylic oxidation sites excluding steroid dienone is 3. The average molecular weight is 361 g/mol. The van der Waals surface area contributed by atoms with Gasteiger partial charge in [-0.25, -0.2) is 0 Å². The SMILES string of the molecule is C=CC1=C(N(C)c2cccc(O)c2)C[C@](C(C)=O)(c2cccc(C)c2C)C1. The van der Waals surface area contributed by atoms with Crippen molar-refractivity contribution < 1.29 is 9.90 Å². The first-order chi connectivity index (χ1) is 12.8. The summed E-state index contributed by atoms with van der Waals surface area (Å²) in [4.78, 5) is 15.0. The van der Waals surface area contributed by atoms with E-state index >= 15 is 0 Å². The molecule has 0 bridgehead atoms. The van der Waals surface area contributed by atoms with Gasteiger partial charge in [0.15, 0.2) is 0 Å². The fourth-order valence-electron chi connectivity index (χ4n) is 4.17. The molecule has 0 spiro atoms. The van der Waals surface area contributed by atoms with Gasteiger partial charge in [-0.2, -0.15) is 0 Å². The van der Waals surface area contributed by atoms with Crippen molar-refractivity contribution in [3.63, 3.8) is 0 Å². The lowest BCUT2D eigenvalue weighted by atomic mass is 9.72. The first kappa shape index (κ1) is 19.0. The Hall–Kier alpha value is -2.81. The monoisotopic (exact) mass is 361 g/mol. The number of hydrogen-bond donors (Lipinski definition) is 1. The Morgan fingerprint density at radius 2 is 1.89 bits per heavy atom. The summed E-state index contributed by atoms with van der Waals surface area (Å²) in [5, 5.41) is 9.85. The third-order valence-corrected chi connectivity index (χ3v) is 5.99. The standard InChI is InChI=1S/C24H27NO2/c1-6-19-14-24(18(4)26,22-12-7-9-16(2)17(22)3)15-23(19)25(5)20-10-8-11-21(27)13-20/h6-13,27H,1,14-15H2,2-5H3/t24-/m1/s1. The second kappa shape index (κ2) is 7.07. The second-order valence-electron chi connectivity index (χ2n) is 7.49. The maximum absolute atomic E-state index is 12.9. The highest BCUT2D eigenvalue weighted by molar-refractivity contribution is 5.91.